The molecule has 0 unspecified atom stereocenters. The summed E-state index contributed by atoms with van der Waals surface area (Å²) >= 11 is 0. The largest absolute Gasteiger partial charge is 0.392 e. The fourth-order valence-corrected chi connectivity index (χ4v) is 9.66. The number of carbonyl (C=O) groups excluding carboxylic acids is 2. The minimum absolute atomic E-state index is 0.0611. The van der Waals surface area contributed by atoms with Crippen LogP contribution in [0.2, 0.25) is 0 Å². The molecular formula is C47H51N5O7S. The lowest BCUT2D eigenvalue weighted by Gasteiger charge is -2.45. The van der Waals surface area contributed by atoms with Crippen LogP contribution in [0.1, 0.15) is 59.5 Å². The molecule has 8 rings (SSSR count). The van der Waals surface area contributed by atoms with Gasteiger partial charge in [-0.05, 0) is 79.3 Å². The first-order valence-electron chi connectivity index (χ1n) is 20.5. The molecule has 0 saturated carbocycles. The molecule has 312 valence electrons. The maximum absolute atomic E-state index is 14.0. The molecule has 5 aromatic rings. The Morgan fingerprint density at radius 1 is 0.850 bits per heavy atom. The summed E-state index contributed by atoms with van der Waals surface area (Å²) in [6, 6.07) is 39.7. The fraction of sp³-hybridized carbons (Fsp3) is 0.319. The van der Waals surface area contributed by atoms with Crippen LogP contribution in [0.4, 0.5) is 11.4 Å². The maximum atomic E-state index is 14.0. The first-order chi connectivity index (χ1) is 29.1. The second-order valence-corrected chi connectivity index (χ2v) is 17.6. The van der Waals surface area contributed by atoms with Crippen molar-refractivity contribution in [2.75, 3.05) is 36.5 Å². The first kappa shape index (κ1) is 41.3. The third-order valence-corrected chi connectivity index (χ3v) is 13.3. The number of ether oxygens (including phenoxy) is 2. The number of para-hydroxylation sites is 1. The summed E-state index contributed by atoms with van der Waals surface area (Å²) in [5.74, 6) is -0.441. The monoisotopic (exact) mass is 829 g/mol. The molecule has 3 heterocycles. The number of nitrogens with zero attached hydrogens (tertiary/aromatic N) is 2. The molecule has 0 bridgehead atoms. The lowest BCUT2D eigenvalue weighted by molar-refractivity contribution is -0.253. The SMILES string of the molecule is Cc1ccc(S(=O)(=O)N[C@H](Cc2ccccc2)C(=O)Nc2cccc([C@H]3O[C@@H](CN4CCC5(CC4)C(=O)NCN5c4ccccc4)C[C@@H](c4ccc(CO)cc4)O3)c2)cc1. The highest BCUT2D eigenvalue weighted by Crippen LogP contribution is 2.40. The van der Waals surface area contributed by atoms with Gasteiger partial charge in [-0.15, -0.1) is 0 Å². The van der Waals surface area contributed by atoms with E-state index in [1.54, 1.807) is 24.3 Å². The van der Waals surface area contributed by atoms with E-state index in [2.05, 4.69) is 37.3 Å². The molecule has 13 heteroatoms. The second-order valence-electron chi connectivity index (χ2n) is 15.9. The average Bonchev–Trinajstić information content (AvgIpc) is 3.59. The number of rotatable bonds is 13. The summed E-state index contributed by atoms with van der Waals surface area (Å²) in [6.07, 6.45) is 0.752. The third-order valence-electron chi connectivity index (χ3n) is 11.8. The Kier molecular flexibility index (Phi) is 12.4. The van der Waals surface area contributed by atoms with Crippen LogP contribution < -0.4 is 20.3 Å². The van der Waals surface area contributed by atoms with E-state index in [4.69, 9.17) is 9.47 Å². The standard InChI is InChI=1S/C47H51N5O7S/c1-33-15-21-41(22-16-33)60(56,57)50-42(27-34-9-4-2-5-10-34)44(54)49-38-12-8-11-37(28-38)45-58-40(29-43(59-45)36-19-17-35(31-53)18-20-36)30-51-25-23-47(24-26-51)46(55)48-32-52(47)39-13-6-3-7-14-39/h2-22,28,40,42-43,45,50,53H,23-27,29-32H2,1H3,(H,48,55)(H,49,54)/t40-,42-,43+,45+/m1/s1. The lowest BCUT2D eigenvalue weighted by atomic mass is 9.85. The van der Waals surface area contributed by atoms with Crippen LogP contribution in [-0.4, -0.2) is 74.2 Å². The summed E-state index contributed by atoms with van der Waals surface area (Å²) in [5.41, 5.74) is 5.06. The van der Waals surface area contributed by atoms with Crippen molar-refractivity contribution in [3.8, 4) is 0 Å². The lowest BCUT2D eigenvalue weighted by Crippen LogP contribution is -2.57. The topological polar surface area (TPSA) is 150 Å². The quantitative estimate of drug-likeness (QED) is 0.112. The predicted molar refractivity (Wildman–Crippen MR) is 229 cm³/mol. The van der Waals surface area contributed by atoms with Gasteiger partial charge in [-0.3, -0.25) is 9.59 Å². The van der Waals surface area contributed by atoms with Crippen LogP contribution >= 0.6 is 0 Å². The number of sulfonamides is 1. The normalized spacial score (nSPS) is 21.1. The number of nitrogens with one attached hydrogen (secondary N) is 3. The molecule has 60 heavy (non-hydrogen) atoms. The third kappa shape index (κ3) is 9.31. The van der Waals surface area contributed by atoms with Crippen molar-refractivity contribution in [1.29, 1.82) is 0 Å². The average molecular weight is 830 g/mol. The highest BCUT2D eigenvalue weighted by molar-refractivity contribution is 7.89. The Hall–Kier alpha value is -5.41. The van der Waals surface area contributed by atoms with E-state index in [1.165, 1.54) is 12.1 Å². The number of piperidine rings is 1. The van der Waals surface area contributed by atoms with Crippen molar-refractivity contribution in [1.82, 2.24) is 14.9 Å². The molecule has 3 fully saturated rings. The van der Waals surface area contributed by atoms with Gasteiger partial charge in [-0.25, -0.2) is 8.42 Å². The number of carbonyl (C=O) groups is 2. The number of aryl methyl sites for hydroxylation is 1. The molecule has 2 amide bonds. The first-order valence-corrected chi connectivity index (χ1v) is 21.9. The van der Waals surface area contributed by atoms with Crippen LogP contribution in [0.5, 0.6) is 0 Å². The Balaban J connectivity index is 0.994. The van der Waals surface area contributed by atoms with Gasteiger partial charge in [-0.1, -0.05) is 103 Å². The zero-order valence-electron chi connectivity index (χ0n) is 33.6. The van der Waals surface area contributed by atoms with Gasteiger partial charge in [0.05, 0.1) is 30.4 Å². The van der Waals surface area contributed by atoms with Crippen LogP contribution in [0.15, 0.2) is 138 Å². The van der Waals surface area contributed by atoms with Crippen LogP contribution in [0.3, 0.4) is 0 Å². The molecule has 4 atom stereocenters. The van der Waals surface area contributed by atoms with E-state index in [0.29, 0.717) is 43.7 Å². The Bertz CT molecular complexity index is 2360. The predicted octanol–water partition coefficient (Wildman–Crippen LogP) is 5.99. The van der Waals surface area contributed by atoms with E-state index in [9.17, 15) is 23.1 Å². The molecular weight excluding hydrogens is 779 g/mol. The van der Waals surface area contributed by atoms with Gasteiger partial charge in [0.25, 0.3) is 0 Å². The Morgan fingerprint density at radius 2 is 1.55 bits per heavy atom. The molecule has 0 aromatic heterocycles. The van der Waals surface area contributed by atoms with Crippen LogP contribution in [-0.2, 0) is 42.1 Å². The van der Waals surface area contributed by atoms with Gasteiger partial charge in [0, 0.05) is 43.0 Å². The molecule has 3 aliphatic heterocycles. The Labute approximate surface area is 351 Å². The molecule has 3 saturated heterocycles. The highest BCUT2D eigenvalue weighted by atomic mass is 32.2. The van der Waals surface area contributed by atoms with Gasteiger partial charge in [0.15, 0.2) is 6.29 Å². The van der Waals surface area contributed by atoms with Crippen molar-refractivity contribution in [2.24, 2.45) is 0 Å². The second kappa shape index (κ2) is 18.1. The summed E-state index contributed by atoms with van der Waals surface area (Å²) in [7, 11) is -4.03. The molecule has 4 N–H and O–H groups in total. The van der Waals surface area contributed by atoms with Gasteiger partial charge >= 0.3 is 0 Å². The van der Waals surface area contributed by atoms with E-state index >= 15 is 0 Å². The van der Waals surface area contributed by atoms with Crippen molar-refractivity contribution in [3.05, 3.63) is 161 Å². The van der Waals surface area contributed by atoms with Crippen molar-refractivity contribution in [3.63, 3.8) is 0 Å². The van der Waals surface area contributed by atoms with E-state index in [-0.39, 0.29) is 36.0 Å². The molecule has 5 aromatic carbocycles. The fourth-order valence-electron chi connectivity index (χ4n) is 8.46. The molecule has 12 nitrogen and oxygen atoms in total. The minimum Gasteiger partial charge on any atom is -0.392 e. The van der Waals surface area contributed by atoms with Gasteiger partial charge < -0.3 is 35.0 Å². The number of hydrogen-bond donors (Lipinski definition) is 4. The Morgan fingerprint density at radius 3 is 2.25 bits per heavy atom. The summed E-state index contributed by atoms with van der Waals surface area (Å²) < 4.78 is 43.0. The minimum atomic E-state index is -4.03. The zero-order chi connectivity index (χ0) is 41.7. The molecule has 1 spiro atoms. The van der Waals surface area contributed by atoms with Crippen molar-refractivity contribution < 1.29 is 32.6 Å². The van der Waals surface area contributed by atoms with Crippen molar-refractivity contribution >= 4 is 33.2 Å². The maximum Gasteiger partial charge on any atom is 0.247 e. The van der Waals surface area contributed by atoms with E-state index in [0.717, 1.165) is 41.0 Å². The number of anilines is 2. The number of benzene rings is 5. The van der Waals surface area contributed by atoms with E-state index < -0.39 is 33.8 Å². The number of aliphatic hydroxyl groups is 1. The molecule has 0 radical (unpaired) electrons. The number of amides is 2. The van der Waals surface area contributed by atoms with Gasteiger partial charge in [0.1, 0.15) is 11.6 Å². The van der Waals surface area contributed by atoms with Crippen LogP contribution in [0, 0.1) is 6.92 Å². The van der Waals surface area contributed by atoms with Crippen molar-refractivity contribution in [2.45, 2.75) is 74.2 Å². The summed E-state index contributed by atoms with van der Waals surface area (Å²) in [6.45, 7) is 4.38. The van der Waals surface area contributed by atoms with Crippen LogP contribution in [0.25, 0.3) is 0 Å². The summed E-state index contributed by atoms with van der Waals surface area (Å²) in [4.78, 5) is 32.0. The number of likely N-dealkylation sites (tertiary alicyclic amines) is 1. The van der Waals surface area contributed by atoms with Gasteiger partial charge in [-0.2, -0.15) is 4.72 Å². The molecule has 3 aliphatic rings. The highest BCUT2D eigenvalue weighted by Gasteiger charge is 2.50. The number of aliphatic hydroxyl groups excluding tert-OH is 1. The van der Waals surface area contributed by atoms with E-state index in [1.807, 2.05) is 91.9 Å². The van der Waals surface area contributed by atoms with Gasteiger partial charge in [0.2, 0.25) is 21.8 Å². The number of hydrogen-bond acceptors (Lipinski definition) is 9. The molecule has 0 aliphatic carbocycles. The smallest absolute Gasteiger partial charge is 0.247 e. The zero-order valence-corrected chi connectivity index (χ0v) is 34.4. The summed E-state index contributed by atoms with van der Waals surface area (Å²) in [5, 5.41) is 15.7.